The summed E-state index contributed by atoms with van der Waals surface area (Å²) >= 11 is 0. The van der Waals surface area contributed by atoms with Crippen LogP contribution in [0.15, 0.2) is 65.7 Å². The van der Waals surface area contributed by atoms with Gasteiger partial charge in [0.15, 0.2) is 0 Å². The molecule has 0 amide bonds. The van der Waals surface area contributed by atoms with Gasteiger partial charge in [-0.3, -0.25) is 0 Å². The van der Waals surface area contributed by atoms with Crippen LogP contribution in [0.5, 0.6) is 11.6 Å². The van der Waals surface area contributed by atoms with E-state index >= 15 is 0 Å². The lowest BCUT2D eigenvalue weighted by molar-refractivity contribution is 0.467. The minimum atomic E-state index is -3.77. The topological polar surface area (TPSA) is 56.3 Å². The molecule has 0 radical (unpaired) electrons. The minimum Gasteiger partial charge on any atom is -0.438 e. The van der Waals surface area contributed by atoms with Gasteiger partial charge in [-0.2, -0.15) is 0 Å². The first-order valence-corrected chi connectivity index (χ1v) is 8.41. The molecule has 0 saturated heterocycles. The molecule has 0 saturated carbocycles. The van der Waals surface area contributed by atoms with E-state index in [0.29, 0.717) is 11.6 Å². The molecule has 0 atom stereocenters. The SMILES string of the molecule is O=S(=O)(Cl)c1ccc(Oc2cccc3ccccc23)nc1. The smallest absolute Gasteiger partial charge is 0.262 e. The molecule has 4 nitrogen and oxygen atoms in total. The second-order valence-corrected chi connectivity index (χ2v) is 6.92. The highest BCUT2D eigenvalue weighted by molar-refractivity contribution is 8.13. The number of aromatic nitrogens is 1. The monoisotopic (exact) mass is 319 g/mol. The van der Waals surface area contributed by atoms with Crippen LogP contribution in [0.3, 0.4) is 0 Å². The summed E-state index contributed by atoms with van der Waals surface area (Å²) in [5, 5.41) is 2.01. The van der Waals surface area contributed by atoms with E-state index in [-0.39, 0.29) is 4.90 Å². The third kappa shape index (κ3) is 2.99. The summed E-state index contributed by atoms with van der Waals surface area (Å²) in [4.78, 5) is 3.90. The molecule has 21 heavy (non-hydrogen) atoms. The number of hydrogen-bond acceptors (Lipinski definition) is 4. The molecule has 3 aromatic rings. The van der Waals surface area contributed by atoms with Gasteiger partial charge < -0.3 is 4.74 Å². The number of halogens is 1. The Balaban J connectivity index is 1.96. The van der Waals surface area contributed by atoms with Crippen LogP contribution in [0.2, 0.25) is 0 Å². The summed E-state index contributed by atoms with van der Waals surface area (Å²) in [5.41, 5.74) is 0. The van der Waals surface area contributed by atoms with Crippen molar-refractivity contribution >= 4 is 30.5 Å². The van der Waals surface area contributed by atoms with Crippen LogP contribution >= 0.6 is 10.7 Å². The Morgan fingerprint density at radius 1 is 0.952 bits per heavy atom. The molecule has 0 aliphatic carbocycles. The lowest BCUT2D eigenvalue weighted by Gasteiger charge is -2.08. The van der Waals surface area contributed by atoms with E-state index in [1.807, 2.05) is 42.5 Å². The summed E-state index contributed by atoms with van der Waals surface area (Å²) in [6.07, 6.45) is 1.17. The summed E-state index contributed by atoms with van der Waals surface area (Å²) in [6.45, 7) is 0. The van der Waals surface area contributed by atoms with Crippen LogP contribution in [0.4, 0.5) is 0 Å². The Morgan fingerprint density at radius 2 is 1.71 bits per heavy atom. The van der Waals surface area contributed by atoms with Crippen molar-refractivity contribution in [3.05, 3.63) is 60.8 Å². The van der Waals surface area contributed by atoms with Gasteiger partial charge in [0.05, 0.1) is 6.20 Å². The highest BCUT2D eigenvalue weighted by atomic mass is 35.7. The van der Waals surface area contributed by atoms with E-state index in [4.69, 9.17) is 15.4 Å². The van der Waals surface area contributed by atoms with Crippen LogP contribution in [0, 0.1) is 0 Å². The van der Waals surface area contributed by atoms with Gasteiger partial charge in [0.1, 0.15) is 10.6 Å². The van der Waals surface area contributed by atoms with E-state index in [2.05, 4.69) is 4.98 Å². The number of hydrogen-bond donors (Lipinski definition) is 0. The zero-order chi connectivity index (χ0) is 14.9. The van der Waals surface area contributed by atoms with Crippen molar-refractivity contribution in [2.75, 3.05) is 0 Å². The average Bonchev–Trinajstić information content (AvgIpc) is 2.47. The zero-order valence-corrected chi connectivity index (χ0v) is 12.3. The number of pyridine rings is 1. The Morgan fingerprint density at radius 3 is 2.43 bits per heavy atom. The summed E-state index contributed by atoms with van der Waals surface area (Å²) in [5.74, 6) is 0.956. The molecule has 0 spiro atoms. The predicted molar refractivity (Wildman–Crippen MR) is 81.3 cm³/mol. The molecule has 0 aliphatic rings. The van der Waals surface area contributed by atoms with Gasteiger partial charge in [0, 0.05) is 22.1 Å². The maximum Gasteiger partial charge on any atom is 0.262 e. The molecule has 0 unspecified atom stereocenters. The summed E-state index contributed by atoms with van der Waals surface area (Å²) in [7, 11) is 1.47. The second kappa shape index (κ2) is 5.35. The van der Waals surface area contributed by atoms with Gasteiger partial charge in [-0.05, 0) is 17.5 Å². The molecular weight excluding hydrogens is 310 g/mol. The molecule has 0 fully saturated rings. The summed E-state index contributed by atoms with van der Waals surface area (Å²) < 4.78 is 28.0. The Labute approximate surface area is 126 Å². The maximum atomic E-state index is 11.2. The number of nitrogens with zero attached hydrogens (tertiary/aromatic N) is 1. The molecule has 6 heteroatoms. The minimum absolute atomic E-state index is 0.0607. The third-order valence-electron chi connectivity index (χ3n) is 2.95. The van der Waals surface area contributed by atoms with Crippen LogP contribution in [0.1, 0.15) is 0 Å². The van der Waals surface area contributed by atoms with Crippen LogP contribution in [-0.4, -0.2) is 13.4 Å². The first kappa shape index (κ1) is 13.9. The van der Waals surface area contributed by atoms with Crippen molar-refractivity contribution < 1.29 is 13.2 Å². The highest BCUT2D eigenvalue weighted by Crippen LogP contribution is 2.29. The van der Waals surface area contributed by atoms with Gasteiger partial charge in [-0.1, -0.05) is 36.4 Å². The van der Waals surface area contributed by atoms with Crippen LogP contribution < -0.4 is 4.74 Å². The molecule has 0 N–H and O–H groups in total. The third-order valence-corrected chi connectivity index (χ3v) is 4.29. The van der Waals surface area contributed by atoms with Crippen LogP contribution in [0.25, 0.3) is 10.8 Å². The molecule has 1 aromatic heterocycles. The zero-order valence-electron chi connectivity index (χ0n) is 10.7. The Bertz CT molecular complexity index is 887. The van der Waals surface area contributed by atoms with Crippen molar-refractivity contribution in [1.82, 2.24) is 4.98 Å². The fourth-order valence-corrected chi connectivity index (χ4v) is 2.65. The normalized spacial score (nSPS) is 11.5. The molecular formula is C15H10ClNO3S. The number of ether oxygens (including phenoxy) is 1. The van der Waals surface area contributed by atoms with Crippen molar-refractivity contribution in [2.45, 2.75) is 4.90 Å². The van der Waals surface area contributed by atoms with Gasteiger partial charge in [-0.15, -0.1) is 0 Å². The fraction of sp³-hybridized carbons (Fsp3) is 0. The van der Waals surface area contributed by atoms with Crippen molar-refractivity contribution in [3.8, 4) is 11.6 Å². The summed E-state index contributed by atoms with van der Waals surface area (Å²) in [6, 6.07) is 16.3. The second-order valence-electron chi connectivity index (χ2n) is 4.35. The standard InChI is InChI=1S/C15H10ClNO3S/c16-21(18,19)12-8-9-15(17-10-12)20-14-7-3-5-11-4-1-2-6-13(11)14/h1-10H. The molecule has 0 bridgehead atoms. The number of rotatable bonds is 3. The Hall–Kier alpha value is -2.11. The van der Waals surface area contributed by atoms with E-state index in [1.165, 1.54) is 18.3 Å². The number of fused-ring (bicyclic) bond motifs is 1. The average molecular weight is 320 g/mol. The van der Waals surface area contributed by atoms with E-state index < -0.39 is 9.05 Å². The lowest BCUT2D eigenvalue weighted by Crippen LogP contribution is -1.93. The van der Waals surface area contributed by atoms with E-state index in [9.17, 15) is 8.42 Å². The highest BCUT2D eigenvalue weighted by Gasteiger charge is 2.11. The molecule has 1 heterocycles. The lowest BCUT2D eigenvalue weighted by atomic mass is 10.1. The quantitative estimate of drug-likeness (QED) is 0.686. The van der Waals surface area contributed by atoms with Crippen molar-refractivity contribution in [1.29, 1.82) is 0 Å². The van der Waals surface area contributed by atoms with Gasteiger partial charge >= 0.3 is 0 Å². The predicted octanol–water partition coefficient (Wildman–Crippen LogP) is 3.95. The van der Waals surface area contributed by atoms with Crippen LogP contribution in [-0.2, 0) is 9.05 Å². The number of benzene rings is 2. The maximum absolute atomic E-state index is 11.2. The fourth-order valence-electron chi connectivity index (χ4n) is 1.97. The van der Waals surface area contributed by atoms with Crippen molar-refractivity contribution in [3.63, 3.8) is 0 Å². The molecule has 2 aromatic carbocycles. The van der Waals surface area contributed by atoms with E-state index in [0.717, 1.165) is 10.8 Å². The largest absolute Gasteiger partial charge is 0.438 e. The molecule has 0 aliphatic heterocycles. The van der Waals surface area contributed by atoms with Gasteiger partial charge in [0.25, 0.3) is 9.05 Å². The van der Waals surface area contributed by atoms with E-state index in [1.54, 1.807) is 0 Å². The molecule has 106 valence electrons. The Kier molecular flexibility index (Phi) is 3.53. The first-order chi connectivity index (χ1) is 10.0. The van der Waals surface area contributed by atoms with Gasteiger partial charge in [0.2, 0.25) is 5.88 Å². The van der Waals surface area contributed by atoms with Crippen molar-refractivity contribution in [2.24, 2.45) is 0 Å². The van der Waals surface area contributed by atoms with Gasteiger partial charge in [-0.25, -0.2) is 13.4 Å². The molecule has 3 rings (SSSR count). The first-order valence-electron chi connectivity index (χ1n) is 6.10.